The molecule has 1 aromatic rings. The van der Waals surface area contributed by atoms with Crippen molar-refractivity contribution in [2.75, 3.05) is 7.11 Å². The minimum Gasteiger partial charge on any atom is -0.481 e. The van der Waals surface area contributed by atoms with Gasteiger partial charge in [0.05, 0.1) is 0 Å². The number of carbonyl (C=O) groups excluding carboxylic acids is 1. The summed E-state index contributed by atoms with van der Waals surface area (Å²) in [6.07, 6.45) is -0.469. The second-order valence-corrected chi connectivity index (χ2v) is 3.97. The van der Waals surface area contributed by atoms with Crippen molar-refractivity contribution in [3.8, 4) is 0 Å². The summed E-state index contributed by atoms with van der Waals surface area (Å²) in [5.41, 5.74) is 6.45. The summed E-state index contributed by atoms with van der Waals surface area (Å²) in [6, 6.07) is 9.40. The third kappa shape index (κ3) is 3.94. The quantitative estimate of drug-likeness (QED) is 0.553. The number of aryl methyl sites for hydroxylation is 1. The molecular formula is C13H17NO4. The lowest BCUT2D eigenvalue weighted by Gasteiger charge is -2.17. The monoisotopic (exact) mass is 251 g/mol. The van der Waals surface area contributed by atoms with Gasteiger partial charge in [-0.25, -0.2) is 0 Å². The number of carboxylic acids is 1. The van der Waals surface area contributed by atoms with Gasteiger partial charge in [0, 0.05) is 13.5 Å². The molecule has 2 unspecified atom stereocenters. The second-order valence-electron chi connectivity index (χ2n) is 3.97. The Kier molecular flexibility index (Phi) is 5.48. The van der Waals surface area contributed by atoms with Crippen LogP contribution in [-0.2, 0) is 20.7 Å². The molecule has 1 aromatic carbocycles. The summed E-state index contributed by atoms with van der Waals surface area (Å²) in [6.45, 7) is 0. The van der Waals surface area contributed by atoms with Gasteiger partial charge in [0.2, 0.25) is 0 Å². The molecule has 0 bridgehead atoms. The molecule has 3 N–H and O–H groups in total. The maximum atomic E-state index is 11.8. The molecule has 0 saturated carbocycles. The highest BCUT2D eigenvalue weighted by Crippen LogP contribution is 2.11. The number of benzene rings is 1. The summed E-state index contributed by atoms with van der Waals surface area (Å²) in [7, 11) is 1.28. The molecule has 5 heteroatoms. The van der Waals surface area contributed by atoms with E-state index in [0.717, 1.165) is 5.56 Å². The molecule has 0 aliphatic carbocycles. The number of hydrogen-bond donors (Lipinski definition) is 2. The third-order valence-corrected chi connectivity index (χ3v) is 2.72. The van der Waals surface area contributed by atoms with Crippen molar-refractivity contribution >= 4 is 11.8 Å². The van der Waals surface area contributed by atoms with Gasteiger partial charge in [-0.3, -0.25) is 9.59 Å². The van der Waals surface area contributed by atoms with Crippen LogP contribution in [-0.4, -0.2) is 30.2 Å². The summed E-state index contributed by atoms with van der Waals surface area (Å²) >= 11 is 0. The Bertz CT molecular complexity index is 405. The molecule has 98 valence electrons. The van der Waals surface area contributed by atoms with Crippen LogP contribution in [0.4, 0.5) is 0 Å². The molecule has 0 fully saturated rings. The molecule has 0 aliphatic heterocycles. The number of rotatable bonds is 7. The lowest BCUT2D eigenvalue weighted by molar-refractivity contribution is -0.151. The van der Waals surface area contributed by atoms with Gasteiger partial charge in [-0.15, -0.1) is 0 Å². The maximum absolute atomic E-state index is 11.8. The molecule has 2 atom stereocenters. The minimum absolute atomic E-state index is 0.137. The van der Waals surface area contributed by atoms with Gasteiger partial charge in [0.15, 0.2) is 11.7 Å². The number of carbonyl (C=O) groups is 2. The highest BCUT2D eigenvalue weighted by Gasteiger charge is 2.32. The molecule has 0 aromatic heterocycles. The number of Topliss-reactive ketones (excluding diaryl/α,β-unsaturated/α-hetero) is 1. The Morgan fingerprint density at radius 3 is 2.44 bits per heavy atom. The molecule has 0 amide bonds. The largest absolute Gasteiger partial charge is 0.481 e. The average Bonchev–Trinajstić information content (AvgIpc) is 2.37. The smallest absolute Gasteiger partial charge is 0.318 e. The van der Waals surface area contributed by atoms with Gasteiger partial charge in [-0.2, -0.15) is 0 Å². The molecule has 0 radical (unpaired) electrons. The van der Waals surface area contributed by atoms with Crippen molar-refractivity contribution in [1.29, 1.82) is 0 Å². The van der Waals surface area contributed by atoms with Crippen molar-refractivity contribution in [2.45, 2.75) is 19.1 Å². The lowest BCUT2D eigenvalue weighted by Crippen LogP contribution is -2.42. The van der Waals surface area contributed by atoms with Crippen LogP contribution < -0.4 is 5.73 Å². The highest BCUT2D eigenvalue weighted by atomic mass is 16.5. The number of hydrogen-bond acceptors (Lipinski definition) is 4. The van der Waals surface area contributed by atoms with Gasteiger partial charge >= 0.3 is 5.97 Å². The van der Waals surface area contributed by atoms with Crippen LogP contribution in [0.2, 0.25) is 0 Å². The molecule has 0 aliphatic rings. The van der Waals surface area contributed by atoms with Gasteiger partial charge in [0.25, 0.3) is 0 Å². The van der Waals surface area contributed by atoms with Crippen molar-refractivity contribution in [2.24, 2.45) is 11.7 Å². The predicted molar refractivity (Wildman–Crippen MR) is 65.9 cm³/mol. The second kappa shape index (κ2) is 6.88. The van der Waals surface area contributed by atoms with Gasteiger partial charge in [-0.05, 0) is 12.0 Å². The predicted octanol–water partition coefficient (Wildman–Crippen LogP) is 0.820. The summed E-state index contributed by atoms with van der Waals surface area (Å²) in [5.74, 6) is -2.97. The Labute approximate surface area is 106 Å². The standard InChI is InChI=1S/C13H17NO4/c1-18-12(14)11(13(16)17)10(15)8-7-9-5-3-2-4-6-9/h2-6,11-12H,7-8,14H2,1H3,(H,16,17). The van der Waals surface area contributed by atoms with Crippen molar-refractivity contribution in [3.05, 3.63) is 35.9 Å². The van der Waals surface area contributed by atoms with Crippen LogP contribution in [0.15, 0.2) is 30.3 Å². The Hall–Kier alpha value is -1.72. The van der Waals surface area contributed by atoms with E-state index in [4.69, 9.17) is 15.6 Å². The number of nitrogens with two attached hydrogens (primary N) is 1. The average molecular weight is 251 g/mol. The van der Waals surface area contributed by atoms with Crippen LogP contribution >= 0.6 is 0 Å². The zero-order chi connectivity index (χ0) is 13.5. The molecule has 18 heavy (non-hydrogen) atoms. The van der Waals surface area contributed by atoms with E-state index in [0.29, 0.717) is 6.42 Å². The van der Waals surface area contributed by atoms with E-state index in [2.05, 4.69) is 0 Å². The van der Waals surface area contributed by atoms with Crippen LogP contribution in [0.5, 0.6) is 0 Å². The topological polar surface area (TPSA) is 89.6 Å². The zero-order valence-electron chi connectivity index (χ0n) is 10.2. The normalized spacial score (nSPS) is 13.9. The van der Waals surface area contributed by atoms with Crippen LogP contribution in [0.25, 0.3) is 0 Å². The van der Waals surface area contributed by atoms with E-state index in [1.807, 2.05) is 30.3 Å². The summed E-state index contributed by atoms with van der Waals surface area (Å²) < 4.78 is 4.72. The van der Waals surface area contributed by atoms with Crippen molar-refractivity contribution < 1.29 is 19.4 Å². The number of ether oxygens (including phenoxy) is 1. The molecule has 1 rings (SSSR count). The van der Waals surface area contributed by atoms with E-state index in [1.54, 1.807) is 0 Å². The lowest BCUT2D eigenvalue weighted by atomic mass is 9.97. The molecule has 0 heterocycles. The van der Waals surface area contributed by atoms with E-state index in [9.17, 15) is 9.59 Å². The van der Waals surface area contributed by atoms with Crippen LogP contribution in [0.1, 0.15) is 12.0 Å². The van der Waals surface area contributed by atoms with Crippen molar-refractivity contribution in [1.82, 2.24) is 0 Å². The fourth-order valence-electron chi connectivity index (χ4n) is 1.67. The minimum atomic E-state index is -1.31. The Balaban J connectivity index is 2.60. The summed E-state index contributed by atoms with van der Waals surface area (Å²) in [5, 5.41) is 8.96. The fourth-order valence-corrected chi connectivity index (χ4v) is 1.67. The first kappa shape index (κ1) is 14.3. The Morgan fingerprint density at radius 1 is 1.33 bits per heavy atom. The summed E-state index contributed by atoms with van der Waals surface area (Å²) in [4.78, 5) is 22.8. The Morgan fingerprint density at radius 2 is 1.94 bits per heavy atom. The SMILES string of the molecule is COC(N)C(C(=O)O)C(=O)CCc1ccccc1. The van der Waals surface area contributed by atoms with Gasteiger partial charge in [-0.1, -0.05) is 30.3 Å². The van der Waals surface area contributed by atoms with E-state index in [-0.39, 0.29) is 6.42 Å². The van der Waals surface area contributed by atoms with Gasteiger partial charge < -0.3 is 15.6 Å². The first-order valence-corrected chi connectivity index (χ1v) is 5.64. The van der Waals surface area contributed by atoms with Crippen molar-refractivity contribution in [3.63, 3.8) is 0 Å². The molecular weight excluding hydrogens is 234 g/mol. The highest BCUT2D eigenvalue weighted by molar-refractivity contribution is 5.98. The zero-order valence-corrected chi connectivity index (χ0v) is 10.2. The maximum Gasteiger partial charge on any atom is 0.318 e. The van der Waals surface area contributed by atoms with E-state index < -0.39 is 23.9 Å². The third-order valence-electron chi connectivity index (χ3n) is 2.72. The molecule has 0 saturated heterocycles. The molecule has 5 nitrogen and oxygen atoms in total. The van der Waals surface area contributed by atoms with E-state index in [1.165, 1.54) is 7.11 Å². The first-order valence-electron chi connectivity index (χ1n) is 5.64. The first-order chi connectivity index (χ1) is 8.56. The van der Waals surface area contributed by atoms with Gasteiger partial charge in [0.1, 0.15) is 6.23 Å². The number of ketones is 1. The number of carboxylic acid groups (broad SMARTS) is 1. The van der Waals surface area contributed by atoms with Crippen LogP contribution in [0.3, 0.4) is 0 Å². The van der Waals surface area contributed by atoms with E-state index >= 15 is 0 Å². The van der Waals surface area contributed by atoms with Crippen LogP contribution in [0, 0.1) is 5.92 Å². The number of aliphatic carboxylic acids is 1. The number of methoxy groups -OCH3 is 1. The fraction of sp³-hybridized carbons (Fsp3) is 0.385. The molecule has 0 spiro atoms.